The average Bonchev–Trinajstić information content (AvgIpc) is 2.97. The highest BCUT2D eigenvalue weighted by molar-refractivity contribution is 6.07. The predicted octanol–water partition coefficient (Wildman–Crippen LogP) is 2.80. The molecule has 0 unspecified atom stereocenters. The minimum absolute atomic E-state index is 0.213. The number of ether oxygens (including phenoxy) is 1. The average molecular weight is 395 g/mol. The van der Waals surface area contributed by atoms with Crippen LogP contribution in [0.2, 0.25) is 0 Å². The third-order valence-electron chi connectivity index (χ3n) is 5.05. The van der Waals surface area contributed by atoms with Crippen molar-refractivity contribution in [2.75, 3.05) is 7.11 Å². The molecule has 2 aromatic rings. The van der Waals surface area contributed by atoms with E-state index >= 15 is 0 Å². The van der Waals surface area contributed by atoms with Crippen LogP contribution in [0.15, 0.2) is 54.9 Å². The fourth-order valence-corrected chi connectivity index (χ4v) is 3.62. The Morgan fingerprint density at radius 3 is 2.48 bits per heavy atom. The number of aromatic nitrogens is 1. The highest BCUT2D eigenvalue weighted by atomic mass is 16.5. The van der Waals surface area contributed by atoms with Crippen molar-refractivity contribution in [2.24, 2.45) is 0 Å². The molecule has 1 aromatic heterocycles. The molecule has 3 rings (SSSR count). The Bertz CT molecular complexity index is 857. The summed E-state index contributed by atoms with van der Waals surface area (Å²) in [7, 11) is 1.27. The van der Waals surface area contributed by atoms with E-state index < -0.39 is 24.1 Å². The van der Waals surface area contributed by atoms with Gasteiger partial charge in [0, 0.05) is 25.4 Å². The zero-order valence-electron chi connectivity index (χ0n) is 16.7. The van der Waals surface area contributed by atoms with Crippen LogP contribution in [0, 0.1) is 0 Å². The molecule has 0 spiro atoms. The number of carbonyl (C=O) groups is 3. The number of urea groups is 1. The van der Waals surface area contributed by atoms with E-state index in [1.54, 1.807) is 18.5 Å². The molecule has 0 N–H and O–H groups in total. The van der Waals surface area contributed by atoms with Gasteiger partial charge in [0.25, 0.3) is 5.91 Å². The van der Waals surface area contributed by atoms with Gasteiger partial charge in [0.1, 0.15) is 12.1 Å². The zero-order chi connectivity index (χ0) is 20.8. The number of rotatable bonds is 8. The number of hydrogen-bond donors (Lipinski definition) is 0. The van der Waals surface area contributed by atoms with Crippen molar-refractivity contribution in [3.8, 4) is 0 Å². The molecule has 1 aliphatic heterocycles. The first-order valence-electron chi connectivity index (χ1n) is 9.71. The van der Waals surface area contributed by atoms with Crippen molar-refractivity contribution >= 4 is 17.9 Å². The van der Waals surface area contributed by atoms with E-state index in [0.717, 1.165) is 22.4 Å². The summed E-state index contributed by atoms with van der Waals surface area (Å²) in [4.78, 5) is 45.7. The minimum atomic E-state index is -0.999. The van der Waals surface area contributed by atoms with Gasteiger partial charge in [-0.25, -0.2) is 14.5 Å². The number of pyridine rings is 1. The molecule has 0 radical (unpaired) electrons. The van der Waals surface area contributed by atoms with Gasteiger partial charge >= 0.3 is 12.0 Å². The maximum atomic E-state index is 13.3. The van der Waals surface area contributed by atoms with Crippen LogP contribution in [0.3, 0.4) is 0 Å². The summed E-state index contributed by atoms with van der Waals surface area (Å²) in [5.41, 5.74) is 1.68. The SMILES string of the molecule is CCC[C@@H]1C(=O)N([C@@H](Cc2ccccc2)C(=O)OC)C(=O)N1Cc1cccnc1. The lowest BCUT2D eigenvalue weighted by atomic mass is 10.0. The molecule has 0 saturated carbocycles. The summed E-state index contributed by atoms with van der Waals surface area (Å²) in [5, 5.41) is 0. The third kappa shape index (κ3) is 4.45. The van der Waals surface area contributed by atoms with Crippen molar-refractivity contribution in [3.63, 3.8) is 0 Å². The van der Waals surface area contributed by atoms with Crippen LogP contribution in [-0.4, -0.2) is 51.9 Å². The summed E-state index contributed by atoms with van der Waals surface area (Å²) in [5.74, 6) is -0.957. The lowest BCUT2D eigenvalue weighted by molar-refractivity contribution is -0.149. The number of methoxy groups -OCH3 is 1. The molecule has 29 heavy (non-hydrogen) atoms. The maximum Gasteiger partial charge on any atom is 0.329 e. The van der Waals surface area contributed by atoms with Gasteiger partial charge < -0.3 is 9.64 Å². The first-order valence-corrected chi connectivity index (χ1v) is 9.71. The number of carbonyl (C=O) groups excluding carboxylic acids is 3. The second-order valence-electron chi connectivity index (χ2n) is 7.01. The van der Waals surface area contributed by atoms with Gasteiger partial charge in [0.05, 0.1) is 7.11 Å². The monoisotopic (exact) mass is 395 g/mol. The van der Waals surface area contributed by atoms with Crippen LogP contribution in [0.4, 0.5) is 4.79 Å². The van der Waals surface area contributed by atoms with Gasteiger partial charge in [-0.05, 0) is 23.6 Å². The molecule has 1 aliphatic rings. The largest absolute Gasteiger partial charge is 0.467 e. The van der Waals surface area contributed by atoms with Gasteiger partial charge in [-0.3, -0.25) is 9.78 Å². The predicted molar refractivity (Wildman–Crippen MR) is 107 cm³/mol. The molecule has 1 aromatic carbocycles. The minimum Gasteiger partial charge on any atom is -0.467 e. The second kappa shape index (κ2) is 9.32. The first kappa shape index (κ1) is 20.5. The summed E-state index contributed by atoms with van der Waals surface area (Å²) >= 11 is 0. The fourth-order valence-electron chi connectivity index (χ4n) is 3.62. The topological polar surface area (TPSA) is 79.8 Å². The van der Waals surface area contributed by atoms with Gasteiger partial charge in [-0.2, -0.15) is 0 Å². The van der Waals surface area contributed by atoms with Crippen molar-refractivity contribution in [1.29, 1.82) is 0 Å². The smallest absolute Gasteiger partial charge is 0.329 e. The lowest BCUT2D eigenvalue weighted by Crippen LogP contribution is -2.47. The van der Waals surface area contributed by atoms with E-state index in [1.807, 2.05) is 43.3 Å². The van der Waals surface area contributed by atoms with Gasteiger partial charge in [-0.1, -0.05) is 49.7 Å². The molecule has 7 nitrogen and oxygen atoms in total. The molecular weight excluding hydrogens is 370 g/mol. The normalized spacial score (nSPS) is 17.5. The quantitative estimate of drug-likeness (QED) is 0.507. The van der Waals surface area contributed by atoms with Gasteiger partial charge in [0.15, 0.2) is 0 Å². The van der Waals surface area contributed by atoms with E-state index in [0.29, 0.717) is 6.42 Å². The molecule has 0 bridgehead atoms. The van der Waals surface area contributed by atoms with Crippen LogP contribution in [-0.2, 0) is 27.3 Å². The Morgan fingerprint density at radius 1 is 1.14 bits per heavy atom. The van der Waals surface area contributed by atoms with E-state index in [9.17, 15) is 14.4 Å². The van der Waals surface area contributed by atoms with Crippen molar-refractivity contribution < 1.29 is 19.1 Å². The summed E-state index contributed by atoms with van der Waals surface area (Å²) in [6, 6.07) is 10.9. The first-order chi connectivity index (χ1) is 14.1. The highest BCUT2D eigenvalue weighted by Gasteiger charge is 2.49. The number of nitrogens with zero attached hydrogens (tertiary/aromatic N) is 3. The van der Waals surface area contributed by atoms with Crippen LogP contribution in [0.25, 0.3) is 0 Å². The highest BCUT2D eigenvalue weighted by Crippen LogP contribution is 2.27. The van der Waals surface area contributed by atoms with Crippen molar-refractivity contribution in [3.05, 3.63) is 66.0 Å². The van der Waals surface area contributed by atoms with E-state index in [-0.39, 0.29) is 18.9 Å². The molecule has 1 fully saturated rings. The molecule has 2 heterocycles. The van der Waals surface area contributed by atoms with Crippen LogP contribution in [0.1, 0.15) is 30.9 Å². The maximum absolute atomic E-state index is 13.3. The fraction of sp³-hybridized carbons (Fsp3) is 0.364. The summed E-state index contributed by atoms with van der Waals surface area (Å²) in [6.07, 6.45) is 4.81. The standard InChI is InChI=1S/C22H25N3O4/c1-3-8-18-20(26)25(22(28)24(18)15-17-11-7-12-23-14-17)19(21(27)29-2)13-16-9-5-4-6-10-16/h4-7,9-12,14,18-19H,3,8,13,15H2,1-2H3/t18-,19+/m1/s1. The van der Waals surface area contributed by atoms with Crippen molar-refractivity contribution in [1.82, 2.24) is 14.8 Å². The molecule has 7 heteroatoms. The van der Waals surface area contributed by atoms with Crippen molar-refractivity contribution in [2.45, 2.75) is 44.8 Å². The van der Waals surface area contributed by atoms with Crippen LogP contribution in [0.5, 0.6) is 0 Å². The Morgan fingerprint density at radius 2 is 1.86 bits per heavy atom. The molecule has 1 saturated heterocycles. The van der Waals surface area contributed by atoms with Crippen LogP contribution < -0.4 is 0 Å². The van der Waals surface area contributed by atoms with E-state index in [1.165, 1.54) is 12.0 Å². The molecule has 3 amide bonds. The lowest BCUT2D eigenvalue weighted by Gasteiger charge is -2.24. The molecular formula is C22H25N3O4. The van der Waals surface area contributed by atoms with E-state index in [2.05, 4.69) is 4.98 Å². The Labute approximate surface area is 170 Å². The van der Waals surface area contributed by atoms with Crippen LogP contribution >= 0.6 is 0 Å². The molecule has 152 valence electrons. The summed E-state index contributed by atoms with van der Waals surface area (Å²) < 4.78 is 4.93. The number of amides is 3. The second-order valence-corrected chi connectivity index (χ2v) is 7.01. The zero-order valence-corrected chi connectivity index (χ0v) is 16.7. The number of imide groups is 1. The number of hydrogen-bond acceptors (Lipinski definition) is 5. The van der Waals surface area contributed by atoms with Gasteiger partial charge in [-0.15, -0.1) is 0 Å². The Kier molecular flexibility index (Phi) is 6.59. The molecule has 2 atom stereocenters. The van der Waals surface area contributed by atoms with E-state index in [4.69, 9.17) is 4.74 Å². The van der Waals surface area contributed by atoms with Gasteiger partial charge in [0.2, 0.25) is 0 Å². The Balaban J connectivity index is 1.91. The number of benzene rings is 1. The Hall–Kier alpha value is -3.22. The molecule has 0 aliphatic carbocycles. The third-order valence-corrected chi connectivity index (χ3v) is 5.05. The number of esters is 1. The summed E-state index contributed by atoms with van der Waals surface area (Å²) in [6.45, 7) is 2.23.